The summed E-state index contributed by atoms with van der Waals surface area (Å²) in [5, 5.41) is -0.0501. The molecule has 1 aromatic carbocycles. The topological polar surface area (TPSA) is 68.2 Å². The SMILES string of the molecule is CC(C)(C)[C@@H](/C=N/C(=C\N1C(=O)c2ccccc2C1=O)O[Si](C)(C)C(C)(C)C)O[Si](C)(C)C(C)(C)C. The Bertz CT molecular complexity index is 1020. The highest BCUT2D eigenvalue weighted by molar-refractivity contribution is 6.74. The lowest BCUT2D eigenvalue weighted by Gasteiger charge is -2.42. The molecule has 1 aliphatic heterocycles. The van der Waals surface area contributed by atoms with Gasteiger partial charge >= 0.3 is 0 Å². The van der Waals surface area contributed by atoms with Gasteiger partial charge in [-0.25, -0.2) is 9.89 Å². The number of rotatable bonds is 7. The minimum atomic E-state index is -2.32. The Balaban J connectivity index is 2.53. The number of aliphatic imine (C=N–C) groups is 1. The van der Waals surface area contributed by atoms with Crippen LogP contribution in [0, 0.1) is 5.41 Å². The van der Waals surface area contributed by atoms with E-state index in [4.69, 9.17) is 13.8 Å². The van der Waals surface area contributed by atoms with Crippen molar-refractivity contribution < 1.29 is 18.4 Å². The van der Waals surface area contributed by atoms with E-state index in [-0.39, 0.29) is 39.3 Å². The number of imide groups is 1. The number of benzene rings is 1. The van der Waals surface area contributed by atoms with E-state index in [1.54, 1.807) is 30.5 Å². The summed E-state index contributed by atoms with van der Waals surface area (Å²) in [6.07, 6.45) is 2.97. The Labute approximate surface area is 220 Å². The number of carbonyl (C=O) groups is 2. The predicted octanol–water partition coefficient (Wildman–Crippen LogP) is 7.61. The average Bonchev–Trinajstić information content (AvgIpc) is 2.93. The number of amides is 2. The number of hydrogen-bond donors (Lipinski definition) is 0. The van der Waals surface area contributed by atoms with Crippen molar-refractivity contribution in [1.29, 1.82) is 0 Å². The van der Waals surface area contributed by atoms with Crippen LogP contribution in [-0.2, 0) is 8.85 Å². The molecule has 36 heavy (non-hydrogen) atoms. The Morgan fingerprint density at radius 2 is 1.28 bits per heavy atom. The molecule has 0 unspecified atom stereocenters. The lowest BCUT2D eigenvalue weighted by molar-refractivity contribution is 0.0715. The van der Waals surface area contributed by atoms with E-state index in [0.29, 0.717) is 11.1 Å². The molecular formula is C28H46N2O4Si2. The molecule has 1 aliphatic rings. The molecule has 1 atom stereocenters. The van der Waals surface area contributed by atoms with E-state index >= 15 is 0 Å². The van der Waals surface area contributed by atoms with Gasteiger partial charge in [-0.1, -0.05) is 74.4 Å². The van der Waals surface area contributed by atoms with Crippen molar-refractivity contribution in [2.24, 2.45) is 10.4 Å². The van der Waals surface area contributed by atoms with Crippen molar-refractivity contribution in [3.63, 3.8) is 0 Å². The second-order valence-electron chi connectivity index (χ2n) is 13.8. The summed E-state index contributed by atoms with van der Waals surface area (Å²) in [5.41, 5.74) is 0.572. The fraction of sp³-hybridized carbons (Fsp3) is 0.607. The van der Waals surface area contributed by atoms with E-state index in [2.05, 4.69) is 88.5 Å². The van der Waals surface area contributed by atoms with Gasteiger partial charge in [0.15, 0.2) is 8.32 Å². The molecule has 8 heteroatoms. The molecule has 1 heterocycles. The first-order chi connectivity index (χ1) is 16.1. The van der Waals surface area contributed by atoms with Crippen LogP contribution in [0.15, 0.2) is 41.3 Å². The molecule has 1 aromatic rings. The van der Waals surface area contributed by atoms with Gasteiger partial charge in [-0.05, 0) is 53.8 Å². The molecule has 0 saturated heterocycles. The summed E-state index contributed by atoms with van der Waals surface area (Å²) < 4.78 is 13.3. The molecule has 0 aromatic heterocycles. The van der Waals surface area contributed by atoms with Crippen molar-refractivity contribution in [3.05, 3.63) is 47.5 Å². The fourth-order valence-corrected chi connectivity index (χ4v) is 5.34. The maximum Gasteiger partial charge on any atom is 0.265 e. The molecule has 0 fully saturated rings. The van der Waals surface area contributed by atoms with Gasteiger partial charge in [0.2, 0.25) is 5.88 Å². The van der Waals surface area contributed by atoms with E-state index in [9.17, 15) is 9.59 Å². The third kappa shape index (κ3) is 6.63. The Hall–Kier alpha value is -2.04. The van der Waals surface area contributed by atoms with Crippen LogP contribution >= 0.6 is 0 Å². The third-order valence-corrected chi connectivity index (χ3v) is 16.4. The summed E-state index contributed by atoms with van der Waals surface area (Å²) in [7, 11) is -4.41. The monoisotopic (exact) mass is 530 g/mol. The summed E-state index contributed by atoms with van der Waals surface area (Å²) in [6.45, 7) is 28.1. The predicted molar refractivity (Wildman–Crippen MR) is 153 cm³/mol. The van der Waals surface area contributed by atoms with Gasteiger partial charge in [0.1, 0.15) is 0 Å². The normalized spacial score (nSPS) is 17.1. The summed E-state index contributed by atoms with van der Waals surface area (Å²) >= 11 is 0. The molecule has 6 nitrogen and oxygen atoms in total. The molecule has 2 amide bonds. The second-order valence-corrected chi connectivity index (χ2v) is 23.3. The molecular weight excluding hydrogens is 484 g/mol. The molecule has 0 bridgehead atoms. The van der Waals surface area contributed by atoms with Crippen molar-refractivity contribution in [1.82, 2.24) is 4.90 Å². The molecule has 0 aliphatic carbocycles. The zero-order chi connectivity index (χ0) is 27.9. The van der Waals surface area contributed by atoms with Crippen LogP contribution < -0.4 is 0 Å². The summed E-state index contributed by atoms with van der Waals surface area (Å²) in [4.78, 5) is 32.0. The molecule has 0 saturated carbocycles. The van der Waals surface area contributed by atoms with E-state index in [1.807, 2.05) is 0 Å². The highest BCUT2D eigenvalue weighted by atomic mass is 28.4. The molecule has 0 N–H and O–H groups in total. The first kappa shape index (κ1) is 30.2. The number of hydrogen-bond acceptors (Lipinski definition) is 5. The third-order valence-electron chi connectivity index (χ3n) is 7.65. The quantitative estimate of drug-likeness (QED) is 0.157. The van der Waals surface area contributed by atoms with Crippen LogP contribution in [0.2, 0.25) is 36.3 Å². The Morgan fingerprint density at radius 1 is 0.833 bits per heavy atom. The summed E-state index contributed by atoms with van der Waals surface area (Å²) in [6, 6.07) is 6.86. The first-order valence-electron chi connectivity index (χ1n) is 12.7. The average molecular weight is 531 g/mol. The standard InChI is InChI=1S/C28H46N2O4Si2/c1-26(2,3)22(33-35(10,11)27(4,5)6)18-29-23(34-36(12,13)28(7,8)9)19-30-24(31)20-16-14-15-17-21(20)25(30)32/h14-19,22H,1-13H3/b23-19+,29-18+/t22-/m1/s1. The lowest BCUT2D eigenvalue weighted by Crippen LogP contribution is -2.48. The smallest absolute Gasteiger partial charge is 0.265 e. The molecule has 0 radical (unpaired) electrons. The molecule has 2 rings (SSSR count). The first-order valence-corrected chi connectivity index (χ1v) is 18.5. The minimum Gasteiger partial charge on any atom is -0.530 e. The maximum atomic E-state index is 13.0. The lowest BCUT2D eigenvalue weighted by atomic mass is 9.90. The van der Waals surface area contributed by atoms with Crippen molar-refractivity contribution in [2.45, 2.75) is 105 Å². The number of fused-ring (bicyclic) bond motifs is 1. The highest BCUT2D eigenvalue weighted by Gasteiger charge is 2.43. The Kier molecular flexibility index (Phi) is 8.41. The highest BCUT2D eigenvalue weighted by Crippen LogP contribution is 2.40. The maximum absolute atomic E-state index is 13.0. The van der Waals surface area contributed by atoms with Gasteiger partial charge in [-0.2, -0.15) is 0 Å². The fourth-order valence-electron chi connectivity index (χ4n) is 3.00. The molecule has 200 valence electrons. The zero-order valence-corrected chi connectivity index (χ0v) is 26.6. The van der Waals surface area contributed by atoms with Crippen molar-refractivity contribution in [3.8, 4) is 0 Å². The van der Waals surface area contributed by atoms with Crippen molar-refractivity contribution >= 4 is 34.7 Å². The van der Waals surface area contributed by atoms with E-state index < -0.39 is 16.6 Å². The van der Waals surface area contributed by atoms with Crippen LogP contribution in [0.4, 0.5) is 0 Å². The Morgan fingerprint density at radius 3 is 1.67 bits per heavy atom. The summed E-state index contributed by atoms with van der Waals surface area (Å²) in [5.74, 6) is -0.483. The number of nitrogens with zero attached hydrogens (tertiary/aromatic N) is 2. The van der Waals surface area contributed by atoms with Crippen molar-refractivity contribution in [2.75, 3.05) is 0 Å². The van der Waals surface area contributed by atoms with Gasteiger partial charge < -0.3 is 8.85 Å². The van der Waals surface area contributed by atoms with Crippen LogP contribution in [0.5, 0.6) is 0 Å². The van der Waals surface area contributed by atoms with E-state index in [0.717, 1.165) is 4.90 Å². The van der Waals surface area contributed by atoms with Crippen LogP contribution in [0.25, 0.3) is 0 Å². The van der Waals surface area contributed by atoms with Gasteiger partial charge in [0, 0.05) is 6.21 Å². The zero-order valence-electron chi connectivity index (χ0n) is 24.6. The van der Waals surface area contributed by atoms with Gasteiger partial charge in [-0.15, -0.1) is 0 Å². The van der Waals surface area contributed by atoms with Crippen LogP contribution in [0.1, 0.15) is 83.0 Å². The van der Waals surface area contributed by atoms with Gasteiger partial charge in [0.05, 0.1) is 23.4 Å². The van der Waals surface area contributed by atoms with Gasteiger partial charge in [-0.3, -0.25) is 9.59 Å². The molecule has 0 spiro atoms. The van der Waals surface area contributed by atoms with Gasteiger partial charge in [0.25, 0.3) is 20.1 Å². The van der Waals surface area contributed by atoms with Crippen LogP contribution in [0.3, 0.4) is 0 Å². The minimum absolute atomic E-state index is 0.0425. The van der Waals surface area contributed by atoms with Crippen LogP contribution in [-0.4, -0.2) is 45.7 Å². The second kappa shape index (κ2) is 10.0. The number of carbonyl (C=O) groups excluding carboxylic acids is 2. The van der Waals surface area contributed by atoms with E-state index in [1.165, 1.54) is 6.20 Å². The largest absolute Gasteiger partial charge is 0.530 e.